The first kappa shape index (κ1) is 22.8. The van der Waals surface area contributed by atoms with E-state index >= 15 is 0 Å². The highest BCUT2D eigenvalue weighted by Crippen LogP contribution is 2.28. The van der Waals surface area contributed by atoms with Gasteiger partial charge >= 0.3 is 0 Å². The number of benzene rings is 1. The predicted molar refractivity (Wildman–Crippen MR) is 122 cm³/mol. The Hall–Kier alpha value is -2.36. The Kier molecular flexibility index (Phi) is 6.88. The summed E-state index contributed by atoms with van der Waals surface area (Å²) < 4.78 is 40.6. The Morgan fingerprint density at radius 1 is 1.19 bits per heavy atom. The number of amides is 1. The maximum atomic E-state index is 13.0. The monoisotopic (exact) mass is 461 g/mol. The zero-order valence-electron chi connectivity index (χ0n) is 18.7. The third-order valence-corrected chi connectivity index (χ3v) is 7.86. The van der Waals surface area contributed by atoms with Crippen molar-refractivity contribution in [2.24, 2.45) is 7.05 Å². The average molecular weight is 462 g/mol. The van der Waals surface area contributed by atoms with E-state index in [0.717, 1.165) is 44.3 Å². The molecule has 2 aliphatic heterocycles. The number of aryl methyl sites for hydroxylation is 2. The number of anilines is 1. The predicted octanol–water partition coefficient (Wildman–Crippen LogP) is 3.32. The number of hydrogen-bond acceptors (Lipinski definition) is 5. The van der Waals surface area contributed by atoms with Crippen molar-refractivity contribution in [3.63, 3.8) is 0 Å². The van der Waals surface area contributed by atoms with Crippen LogP contribution in [0.1, 0.15) is 48.2 Å². The van der Waals surface area contributed by atoms with Crippen molar-refractivity contribution in [1.82, 2.24) is 8.87 Å². The van der Waals surface area contributed by atoms with Gasteiger partial charge < -0.3 is 19.4 Å². The molecule has 2 fully saturated rings. The molecule has 1 atom stereocenters. The molecular weight excluding hydrogens is 430 g/mol. The highest BCUT2D eigenvalue weighted by Gasteiger charge is 2.28. The van der Waals surface area contributed by atoms with E-state index in [2.05, 4.69) is 5.32 Å². The SMILES string of the molecule is Cc1ccc(NC(=O)c2cc(S(=O)(=O)N3CCCCC3)cn2C)c(OCC2CCCO2)c1. The third-order valence-electron chi connectivity index (χ3n) is 6.00. The molecule has 0 radical (unpaired) electrons. The molecule has 2 saturated heterocycles. The fourth-order valence-corrected chi connectivity index (χ4v) is 5.74. The van der Waals surface area contributed by atoms with Gasteiger partial charge in [0.15, 0.2) is 0 Å². The number of aromatic nitrogens is 1. The molecule has 3 heterocycles. The largest absolute Gasteiger partial charge is 0.489 e. The first-order chi connectivity index (χ1) is 15.3. The molecule has 1 amide bonds. The lowest BCUT2D eigenvalue weighted by atomic mass is 10.2. The molecular formula is C23H31N3O5S. The van der Waals surface area contributed by atoms with Crippen molar-refractivity contribution in [1.29, 1.82) is 0 Å². The van der Waals surface area contributed by atoms with Crippen LogP contribution < -0.4 is 10.1 Å². The van der Waals surface area contributed by atoms with Crippen LogP contribution in [-0.4, -0.2) is 55.6 Å². The number of sulfonamides is 1. The normalized spacial score (nSPS) is 19.8. The van der Waals surface area contributed by atoms with Crippen LogP contribution in [0.5, 0.6) is 5.75 Å². The maximum absolute atomic E-state index is 13.0. The van der Waals surface area contributed by atoms with Gasteiger partial charge in [0.1, 0.15) is 22.9 Å². The lowest BCUT2D eigenvalue weighted by Crippen LogP contribution is -2.35. The molecule has 0 aliphatic carbocycles. The molecule has 32 heavy (non-hydrogen) atoms. The topological polar surface area (TPSA) is 89.9 Å². The van der Waals surface area contributed by atoms with Crippen molar-refractivity contribution >= 4 is 21.6 Å². The van der Waals surface area contributed by atoms with Crippen molar-refractivity contribution in [2.75, 3.05) is 31.6 Å². The highest BCUT2D eigenvalue weighted by atomic mass is 32.2. The Balaban J connectivity index is 1.50. The third kappa shape index (κ3) is 5.00. The minimum Gasteiger partial charge on any atom is -0.489 e. The Morgan fingerprint density at radius 3 is 2.69 bits per heavy atom. The van der Waals surface area contributed by atoms with E-state index in [0.29, 0.717) is 31.1 Å². The minimum atomic E-state index is -3.61. The Bertz CT molecular complexity index is 1070. The lowest BCUT2D eigenvalue weighted by molar-refractivity contribution is 0.0681. The van der Waals surface area contributed by atoms with Gasteiger partial charge in [-0.2, -0.15) is 4.31 Å². The van der Waals surface area contributed by atoms with Gasteiger partial charge in [-0.25, -0.2) is 8.42 Å². The molecule has 2 aliphatic rings. The van der Waals surface area contributed by atoms with Crippen LogP contribution >= 0.6 is 0 Å². The van der Waals surface area contributed by atoms with Gasteiger partial charge in [0.2, 0.25) is 10.0 Å². The first-order valence-electron chi connectivity index (χ1n) is 11.2. The summed E-state index contributed by atoms with van der Waals surface area (Å²) in [6.07, 6.45) is 6.33. The Labute approximate surface area is 189 Å². The second kappa shape index (κ2) is 9.64. The van der Waals surface area contributed by atoms with Crippen molar-refractivity contribution < 1.29 is 22.7 Å². The van der Waals surface area contributed by atoms with Crippen molar-refractivity contribution in [2.45, 2.75) is 50.0 Å². The van der Waals surface area contributed by atoms with E-state index in [1.165, 1.54) is 16.6 Å². The molecule has 9 heteroatoms. The van der Waals surface area contributed by atoms with E-state index < -0.39 is 15.9 Å². The number of rotatable bonds is 7. The molecule has 1 N–H and O–H groups in total. The van der Waals surface area contributed by atoms with Crippen molar-refractivity contribution in [3.05, 3.63) is 41.7 Å². The molecule has 1 unspecified atom stereocenters. The van der Waals surface area contributed by atoms with Crippen LogP contribution in [0, 0.1) is 6.92 Å². The van der Waals surface area contributed by atoms with Gasteiger partial charge in [0.05, 0.1) is 11.8 Å². The standard InChI is InChI=1S/C23H31N3O5S/c1-17-8-9-20(22(13-17)31-16-18-7-6-12-30-18)24-23(27)21-14-19(15-25(21)2)32(28,29)26-10-4-3-5-11-26/h8-9,13-15,18H,3-7,10-12,16H2,1-2H3,(H,24,27). The molecule has 4 rings (SSSR count). The van der Waals surface area contributed by atoms with Crippen LogP contribution in [-0.2, 0) is 21.8 Å². The van der Waals surface area contributed by atoms with E-state index in [1.54, 1.807) is 17.7 Å². The second-order valence-electron chi connectivity index (χ2n) is 8.54. The van der Waals surface area contributed by atoms with E-state index in [4.69, 9.17) is 9.47 Å². The quantitative estimate of drug-likeness (QED) is 0.683. The number of piperidine rings is 1. The van der Waals surface area contributed by atoms with Crippen molar-refractivity contribution in [3.8, 4) is 5.75 Å². The fourth-order valence-electron chi connectivity index (χ4n) is 4.15. The number of ether oxygens (including phenoxy) is 2. The number of nitrogens with one attached hydrogen (secondary N) is 1. The number of carbonyl (C=O) groups is 1. The summed E-state index contributed by atoms with van der Waals surface area (Å²) in [5, 5.41) is 2.88. The zero-order valence-corrected chi connectivity index (χ0v) is 19.5. The minimum absolute atomic E-state index is 0.0643. The molecule has 0 bridgehead atoms. The summed E-state index contributed by atoms with van der Waals surface area (Å²) in [6.45, 7) is 4.18. The smallest absolute Gasteiger partial charge is 0.272 e. The molecule has 2 aromatic rings. The second-order valence-corrected chi connectivity index (χ2v) is 10.5. The van der Waals surface area contributed by atoms with Crippen LogP contribution in [0.15, 0.2) is 35.4 Å². The zero-order chi connectivity index (χ0) is 22.7. The van der Waals surface area contributed by atoms with Crippen LogP contribution in [0.4, 0.5) is 5.69 Å². The van der Waals surface area contributed by atoms with Crippen LogP contribution in [0.25, 0.3) is 0 Å². The van der Waals surface area contributed by atoms with Gasteiger partial charge in [0, 0.05) is 32.9 Å². The van der Waals surface area contributed by atoms with Gasteiger partial charge in [-0.05, 0) is 56.4 Å². The molecule has 1 aromatic heterocycles. The lowest BCUT2D eigenvalue weighted by Gasteiger charge is -2.25. The van der Waals surface area contributed by atoms with Crippen LogP contribution in [0.2, 0.25) is 0 Å². The van der Waals surface area contributed by atoms with Crippen LogP contribution in [0.3, 0.4) is 0 Å². The number of carbonyl (C=O) groups excluding carboxylic acids is 1. The summed E-state index contributed by atoms with van der Waals surface area (Å²) in [4.78, 5) is 13.2. The first-order valence-corrected chi connectivity index (χ1v) is 12.6. The van der Waals surface area contributed by atoms with E-state index in [1.807, 2.05) is 19.1 Å². The molecule has 0 saturated carbocycles. The Morgan fingerprint density at radius 2 is 1.97 bits per heavy atom. The average Bonchev–Trinajstić information content (AvgIpc) is 3.44. The molecule has 174 valence electrons. The molecule has 1 aromatic carbocycles. The maximum Gasteiger partial charge on any atom is 0.272 e. The summed E-state index contributed by atoms with van der Waals surface area (Å²) in [5.41, 5.74) is 1.82. The fraction of sp³-hybridized carbons (Fsp3) is 0.522. The summed E-state index contributed by atoms with van der Waals surface area (Å²) in [5.74, 6) is 0.183. The molecule has 0 spiro atoms. The van der Waals surface area contributed by atoms with Gasteiger partial charge in [-0.3, -0.25) is 4.79 Å². The summed E-state index contributed by atoms with van der Waals surface area (Å²) in [7, 11) is -1.93. The summed E-state index contributed by atoms with van der Waals surface area (Å²) in [6, 6.07) is 7.01. The summed E-state index contributed by atoms with van der Waals surface area (Å²) >= 11 is 0. The van der Waals surface area contributed by atoms with Gasteiger partial charge in [-0.1, -0.05) is 12.5 Å². The molecule has 8 nitrogen and oxygen atoms in total. The highest BCUT2D eigenvalue weighted by molar-refractivity contribution is 7.89. The van der Waals surface area contributed by atoms with E-state index in [9.17, 15) is 13.2 Å². The van der Waals surface area contributed by atoms with Gasteiger partial charge in [-0.15, -0.1) is 0 Å². The number of hydrogen-bond donors (Lipinski definition) is 1. The van der Waals surface area contributed by atoms with E-state index in [-0.39, 0.29) is 16.7 Å². The van der Waals surface area contributed by atoms with Gasteiger partial charge in [0.25, 0.3) is 5.91 Å². The number of nitrogens with zero attached hydrogens (tertiary/aromatic N) is 2.